The molecule has 1 aromatic heterocycles. The number of anilines is 1. The molecule has 0 atom stereocenters. The predicted molar refractivity (Wildman–Crippen MR) is 56.8 cm³/mol. The molecular formula is C10H11ClN2O. The fourth-order valence-corrected chi connectivity index (χ4v) is 1.57. The Kier molecular flexibility index (Phi) is 2.59. The van der Waals surface area contributed by atoms with Crippen LogP contribution in [0.3, 0.4) is 0 Å². The van der Waals surface area contributed by atoms with Crippen molar-refractivity contribution in [2.45, 2.75) is 12.8 Å². The van der Waals surface area contributed by atoms with E-state index in [1.807, 2.05) is 12.1 Å². The van der Waals surface area contributed by atoms with Crippen molar-refractivity contribution in [3.8, 4) is 0 Å². The highest BCUT2D eigenvalue weighted by molar-refractivity contribution is 6.32. The Morgan fingerprint density at radius 3 is 3.07 bits per heavy atom. The van der Waals surface area contributed by atoms with Gasteiger partial charge >= 0.3 is 0 Å². The summed E-state index contributed by atoms with van der Waals surface area (Å²) in [6, 6.07) is 1.82. The van der Waals surface area contributed by atoms with Crippen LogP contribution in [0.25, 0.3) is 5.76 Å². The van der Waals surface area contributed by atoms with Crippen LogP contribution in [0.15, 0.2) is 18.3 Å². The molecule has 0 spiro atoms. The smallest absolute Gasteiger partial charge is 0.152 e. The van der Waals surface area contributed by atoms with E-state index in [2.05, 4.69) is 4.98 Å². The average molecular weight is 211 g/mol. The Morgan fingerprint density at radius 1 is 1.50 bits per heavy atom. The largest absolute Gasteiger partial charge is 0.493 e. The monoisotopic (exact) mass is 210 g/mol. The van der Waals surface area contributed by atoms with Crippen molar-refractivity contribution in [1.82, 2.24) is 4.98 Å². The molecule has 0 amide bonds. The molecule has 14 heavy (non-hydrogen) atoms. The number of nitrogens with zero attached hydrogens (tertiary/aromatic N) is 1. The minimum atomic E-state index is 0.331. The first-order chi connectivity index (χ1) is 6.79. The van der Waals surface area contributed by atoms with Crippen LogP contribution in [0.4, 0.5) is 5.69 Å². The second-order valence-electron chi connectivity index (χ2n) is 3.12. The molecule has 0 saturated carbocycles. The topological polar surface area (TPSA) is 48.1 Å². The minimum absolute atomic E-state index is 0.331. The van der Waals surface area contributed by atoms with E-state index in [1.165, 1.54) is 0 Å². The molecule has 4 heteroatoms. The quantitative estimate of drug-likeness (QED) is 0.725. The van der Waals surface area contributed by atoms with Crippen molar-refractivity contribution in [3.63, 3.8) is 0 Å². The van der Waals surface area contributed by atoms with Crippen molar-refractivity contribution in [2.24, 2.45) is 0 Å². The number of pyridine rings is 1. The Labute approximate surface area is 87.5 Å². The lowest BCUT2D eigenvalue weighted by molar-refractivity contribution is 0.259. The second kappa shape index (κ2) is 3.88. The predicted octanol–water partition coefficient (Wildman–Crippen LogP) is 2.47. The molecule has 74 valence electrons. The lowest BCUT2D eigenvalue weighted by atomic mass is 10.1. The van der Waals surface area contributed by atoms with Gasteiger partial charge in [0.2, 0.25) is 0 Å². The summed E-state index contributed by atoms with van der Waals surface area (Å²) in [5, 5.41) is 0.331. The fraction of sp³-hybridized carbons (Fsp3) is 0.300. The van der Waals surface area contributed by atoms with Crippen molar-refractivity contribution >= 4 is 23.0 Å². The number of hydrogen-bond acceptors (Lipinski definition) is 3. The van der Waals surface area contributed by atoms with Gasteiger partial charge in [-0.05, 0) is 25.0 Å². The van der Waals surface area contributed by atoms with Gasteiger partial charge in [-0.15, -0.1) is 0 Å². The molecule has 0 saturated heterocycles. The molecule has 2 heterocycles. The highest BCUT2D eigenvalue weighted by Crippen LogP contribution is 2.29. The van der Waals surface area contributed by atoms with E-state index >= 15 is 0 Å². The van der Waals surface area contributed by atoms with Gasteiger partial charge in [0.1, 0.15) is 5.76 Å². The van der Waals surface area contributed by atoms with Gasteiger partial charge in [-0.25, -0.2) is 4.98 Å². The van der Waals surface area contributed by atoms with Gasteiger partial charge in [-0.3, -0.25) is 0 Å². The van der Waals surface area contributed by atoms with Crippen LogP contribution in [0.5, 0.6) is 0 Å². The normalized spacial score (nSPS) is 15.9. The number of halogens is 1. The Morgan fingerprint density at radius 2 is 2.36 bits per heavy atom. The molecule has 1 aromatic rings. The zero-order valence-corrected chi connectivity index (χ0v) is 8.42. The molecule has 0 unspecified atom stereocenters. The third-order valence-corrected chi connectivity index (χ3v) is 2.44. The van der Waals surface area contributed by atoms with Crippen molar-refractivity contribution in [1.29, 1.82) is 0 Å². The molecule has 0 aromatic carbocycles. The van der Waals surface area contributed by atoms with Crippen LogP contribution in [0, 0.1) is 0 Å². The summed E-state index contributed by atoms with van der Waals surface area (Å²) in [6.07, 6.45) is 5.75. The van der Waals surface area contributed by atoms with E-state index in [1.54, 1.807) is 6.20 Å². The number of nitrogens with two attached hydrogens (primary N) is 1. The van der Waals surface area contributed by atoms with Gasteiger partial charge in [0.25, 0.3) is 0 Å². The molecule has 1 aliphatic heterocycles. The summed E-state index contributed by atoms with van der Waals surface area (Å²) < 4.78 is 5.49. The number of aromatic nitrogens is 1. The number of nitrogen functional groups attached to an aromatic ring is 1. The average Bonchev–Trinajstić information content (AvgIpc) is 2.23. The van der Waals surface area contributed by atoms with Gasteiger partial charge in [-0.2, -0.15) is 0 Å². The molecular weight excluding hydrogens is 200 g/mol. The van der Waals surface area contributed by atoms with Crippen molar-refractivity contribution < 1.29 is 4.74 Å². The van der Waals surface area contributed by atoms with Crippen LogP contribution in [0.2, 0.25) is 5.15 Å². The first kappa shape index (κ1) is 9.34. The molecule has 2 rings (SSSR count). The highest BCUT2D eigenvalue weighted by Gasteiger charge is 2.12. The van der Waals surface area contributed by atoms with E-state index in [0.717, 1.165) is 30.8 Å². The van der Waals surface area contributed by atoms with Crippen molar-refractivity contribution in [2.75, 3.05) is 12.3 Å². The summed E-state index contributed by atoms with van der Waals surface area (Å²) in [6.45, 7) is 0.741. The maximum Gasteiger partial charge on any atom is 0.152 e. The van der Waals surface area contributed by atoms with E-state index in [0.29, 0.717) is 10.8 Å². The zero-order valence-electron chi connectivity index (χ0n) is 7.66. The molecule has 0 radical (unpaired) electrons. The number of ether oxygens (including phenoxy) is 1. The van der Waals surface area contributed by atoms with Crippen LogP contribution >= 0.6 is 11.6 Å². The first-order valence-electron chi connectivity index (χ1n) is 4.52. The third kappa shape index (κ3) is 1.68. The number of hydrogen-bond donors (Lipinski definition) is 1. The van der Waals surface area contributed by atoms with E-state index in [9.17, 15) is 0 Å². The van der Waals surface area contributed by atoms with Crippen LogP contribution in [-0.4, -0.2) is 11.6 Å². The SMILES string of the molecule is Nc1c(C2=CCCCO2)ccnc1Cl. The summed E-state index contributed by atoms with van der Waals surface area (Å²) in [4.78, 5) is 3.89. The van der Waals surface area contributed by atoms with Gasteiger partial charge in [0.15, 0.2) is 5.15 Å². The number of allylic oxidation sites excluding steroid dienone is 1. The maximum atomic E-state index is 5.81. The summed E-state index contributed by atoms with van der Waals surface area (Å²) >= 11 is 5.81. The summed E-state index contributed by atoms with van der Waals surface area (Å²) in [5.41, 5.74) is 7.12. The zero-order chi connectivity index (χ0) is 9.97. The van der Waals surface area contributed by atoms with E-state index < -0.39 is 0 Å². The fourth-order valence-electron chi connectivity index (χ4n) is 1.41. The molecule has 0 bridgehead atoms. The summed E-state index contributed by atoms with van der Waals surface area (Å²) in [5.74, 6) is 0.818. The lowest BCUT2D eigenvalue weighted by Gasteiger charge is -2.16. The van der Waals surface area contributed by atoms with Crippen LogP contribution < -0.4 is 5.73 Å². The third-order valence-electron chi connectivity index (χ3n) is 2.14. The first-order valence-corrected chi connectivity index (χ1v) is 4.90. The second-order valence-corrected chi connectivity index (χ2v) is 3.48. The summed E-state index contributed by atoms with van der Waals surface area (Å²) in [7, 11) is 0. The van der Waals surface area contributed by atoms with Crippen molar-refractivity contribution in [3.05, 3.63) is 29.1 Å². The van der Waals surface area contributed by atoms with Crippen LogP contribution in [-0.2, 0) is 4.74 Å². The van der Waals surface area contributed by atoms with Crippen LogP contribution in [0.1, 0.15) is 18.4 Å². The van der Waals surface area contributed by atoms with Gasteiger partial charge in [-0.1, -0.05) is 11.6 Å². The molecule has 0 aliphatic carbocycles. The minimum Gasteiger partial charge on any atom is -0.493 e. The molecule has 2 N–H and O–H groups in total. The highest BCUT2D eigenvalue weighted by atomic mass is 35.5. The van der Waals surface area contributed by atoms with E-state index in [-0.39, 0.29) is 0 Å². The lowest BCUT2D eigenvalue weighted by Crippen LogP contribution is -2.03. The number of rotatable bonds is 1. The van der Waals surface area contributed by atoms with Gasteiger partial charge < -0.3 is 10.5 Å². The standard InChI is InChI=1S/C10H11ClN2O/c11-10-9(12)7(4-5-13-10)8-3-1-2-6-14-8/h3-5H,1-2,6,12H2. The molecule has 1 aliphatic rings. The molecule has 0 fully saturated rings. The Balaban J connectivity index is 2.40. The maximum absolute atomic E-state index is 5.81. The van der Waals surface area contributed by atoms with Gasteiger partial charge in [0, 0.05) is 11.8 Å². The Bertz CT molecular complexity index is 376. The van der Waals surface area contributed by atoms with E-state index in [4.69, 9.17) is 22.1 Å². The molecule has 3 nitrogen and oxygen atoms in total. The van der Waals surface area contributed by atoms with Gasteiger partial charge in [0.05, 0.1) is 12.3 Å². The Hall–Kier alpha value is -1.22.